The lowest BCUT2D eigenvalue weighted by atomic mass is 10.0. The molecule has 0 aliphatic heterocycles. The van der Waals surface area contributed by atoms with E-state index in [1.807, 2.05) is 0 Å². The van der Waals surface area contributed by atoms with E-state index >= 15 is 0 Å². The molecule has 0 amide bonds. The van der Waals surface area contributed by atoms with Crippen LogP contribution in [0.3, 0.4) is 0 Å². The number of carbonyl (C=O) groups is 3. The van der Waals surface area contributed by atoms with Gasteiger partial charge in [-0.1, -0.05) is 254 Å². The number of carbonyl (C=O) groups excluding carboxylic acids is 3. The zero-order chi connectivity index (χ0) is 56.9. The summed E-state index contributed by atoms with van der Waals surface area (Å²) in [5.74, 6) is -1.50. The minimum absolute atomic E-state index is 0.124. The molecule has 11 nitrogen and oxygen atoms in total. The van der Waals surface area contributed by atoms with Gasteiger partial charge in [0.05, 0.1) is 19.8 Å². The van der Waals surface area contributed by atoms with Gasteiger partial charge in [0.1, 0.15) is 12.7 Å². The first-order valence-corrected chi connectivity index (χ1v) is 33.3. The van der Waals surface area contributed by atoms with Gasteiger partial charge in [-0.3, -0.25) is 23.4 Å². The number of phosphoric acid groups is 1. The molecule has 0 rings (SSSR count). The monoisotopic (exact) mass is 1120 g/mol. The van der Waals surface area contributed by atoms with Crippen LogP contribution in [0.5, 0.6) is 0 Å². The molecule has 12 heteroatoms. The molecular weight excluding hydrogens is 1000 g/mol. The predicted molar refractivity (Wildman–Crippen MR) is 325 cm³/mol. The Morgan fingerprint density at radius 2 is 0.667 bits per heavy atom. The van der Waals surface area contributed by atoms with Crippen molar-refractivity contribution in [1.29, 1.82) is 0 Å². The molecule has 0 aromatic rings. The van der Waals surface area contributed by atoms with Gasteiger partial charge in [0.2, 0.25) is 0 Å². The second kappa shape index (κ2) is 60.0. The summed E-state index contributed by atoms with van der Waals surface area (Å²) in [6.07, 6.45) is 68.6. The zero-order valence-corrected chi connectivity index (χ0v) is 51.0. The van der Waals surface area contributed by atoms with Crippen LogP contribution in [0.25, 0.3) is 0 Å². The quantitative estimate of drug-likeness (QED) is 0.0197. The number of ether oxygens (including phenoxy) is 3. The van der Waals surface area contributed by atoms with Crippen LogP contribution in [0.1, 0.15) is 290 Å². The SMILES string of the molecule is CC/C=C\C/C=C\C/C=C\C/C=C\CCCCC(=O)OC(CO)COP(=O)(O)OCC(COC(=O)CCCCCCCCCCCCCCCCCCC)OC(=O)CCCCCCCCCCC/C=C\C/C=C\CCCCC. The summed E-state index contributed by atoms with van der Waals surface area (Å²) in [4.78, 5) is 48.7. The topological polar surface area (TPSA) is 155 Å². The van der Waals surface area contributed by atoms with Crippen LogP contribution in [0.4, 0.5) is 0 Å². The Bertz CT molecular complexity index is 1590. The van der Waals surface area contributed by atoms with Crippen LogP contribution < -0.4 is 0 Å². The third-order valence-electron chi connectivity index (χ3n) is 13.6. The summed E-state index contributed by atoms with van der Waals surface area (Å²) in [7, 11) is -4.76. The van der Waals surface area contributed by atoms with Gasteiger partial charge in [0.25, 0.3) is 0 Å². The first kappa shape index (κ1) is 74.9. The van der Waals surface area contributed by atoms with Gasteiger partial charge in [0, 0.05) is 19.3 Å². The molecule has 3 atom stereocenters. The van der Waals surface area contributed by atoms with E-state index < -0.39 is 57.8 Å². The first-order chi connectivity index (χ1) is 38.2. The average molecular weight is 1120 g/mol. The molecule has 78 heavy (non-hydrogen) atoms. The molecule has 3 unspecified atom stereocenters. The van der Waals surface area contributed by atoms with Crippen molar-refractivity contribution in [1.82, 2.24) is 0 Å². The van der Waals surface area contributed by atoms with Crippen molar-refractivity contribution in [3.05, 3.63) is 72.9 Å². The van der Waals surface area contributed by atoms with E-state index in [0.29, 0.717) is 19.3 Å². The Kier molecular flexibility index (Phi) is 57.7. The molecule has 0 bridgehead atoms. The number of phosphoric ester groups is 1. The first-order valence-electron chi connectivity index (χ1n) is 31.8. The number of allylic oxidation sites excluding steroid dienone is 12. The molecule has 0 heterocycles. The van der Waals surface area contributed by atoms with E-state index in [0.717, 1.165) is 89.9 Å². The second-order valence-corrected chi connectivity index (χ2v) is 22.7. The highest BCUT2D eigenvalue weighted by molar-refractivity contribution is 7.47. The van der Waals surface area contributed by atoms with Gasteiger partial charge in [-0.15, -0.1) is 0 Å². The molecule has 0 aliphatic carbocycles. The number of hydrogen-bond donors (Lipinski definition) is 2. The van der Waals surface area contributed by atoms with Crippen molar-refractivity contribution in [2.75, 3.05) is 26.4 Å². The zero-order valence-electron chi connectivity index (χ0n) is 50.1. The fourth-order valence-electron chi connectivity index (χ4n) is 8.79. The molecule has 0 spiro atoms. The van der Waals surface area contributed by atoms with Gasteiger partial charge < -0.3 is 24.2 Å². The Morgan fingerprint density at radius 1 is 0.372 bits per heavy atom. The van der Waals surface area contributed by atoms with Gasteiger partial charge in [-0.25, -0.2) is 4.57 Å². The largest absolute Gasteiger partial charge is 0.472 e. The molecule has 0 saturated heterocycles. The third kappa shape index (κ3) is 57.6. The van der Waals surface area contributed by atoms with Crippen LogP contribution in [0.15, 0.2) is 72.9 Å². The van der Waals surface area contributed by atoms with E-state index in [-0.39, 0.29) is 25.9 Å². The molecule has 0 aromatic carbocycles. The Labute approximate surface area is 478 Å². The van der Waals surface area contributed by atoms with Crippen LogP contribution in [0.2, 0.25) is 0 Å². The highest BCUT2D eigenvalue weighted by Crippen LogP contribution is 2.43. The van der Waals surface area contributed by atoms with Crippen LogP contribution in [0, 0.1) is 0 Å². The number of aliphatic hydroxyl groups excluding tert-OH is 1. The fraction of sp³-hybridized carbons (Fsp3) is 0.773. The van der Waals surface area contributed by atoms with Crippen molar-refractivity contribution in [2.45, 2.75) is 303 Å². The number of hydrogen-bond acceptors (Lipinski definition) is 10. The maximum Gasteiger partial charge on any atom is 0.472 e. The Balaban J connectivity index is 4.73. The summed E-state index contributed by atoms with van der Waals surface area (Å²) < 4.78 is 39.6. The lowest BCUT2D eigenvalue weighted by Gasteiger charge is -2.21. The normalized spacial score (nSPS) is 13.8. The average Bonchev–Trinajstić information content (AvgIpc) is 3.43. The van der Waals surface area contributed by atoms with Crippen LogP contribution in [-0.2, 0) is 42.2 Å². The second-order valence-electron chi connectivity index (χ2n) is 21.2. The number of aliphatic hydroxyl groups is 1. The molecule has 0 aliphatic rings. The van der Waals surface area contributed by atoms with E-state index in [1.54, 1.807) is 0 Å². The lowest BCUT2D eigenvalue weighted by Crippen LogP contribution is -2.30. The molecular formula is C66H117O11P. The maximum absolute atomic E-state index is 13.0. The predicted octanol–water partition coefficient (Wildman–Crippen LogP) is 19.3. The van der Waals surface area contributed by atoms with Gasteiger partial charge in [-0.2, -0.15) is 0 Å². The Morgan fingerprint density at radius 3 is 1.08 bits per heavy atom. The summed E-state index contributed by atoms with van der Waals surface area (Å²) >= 11 is 0. The molecule has 452 valence electrons. The molecule has 0 aromatic heterocycles. The molecule has 2 N–H and O–H groups in total. The third-order valence-corrected chi connectivity index (χ3v) is 14.6. The summed E-state index contributed by atoms with van der Waals surface area (Å²) in [5, 5.41) is 9.83. The highest BCUT2D eigenvalue weighted by Gasteiger charge is 2.28. The lowest BCUT2D eigenvalue weighted by molar-refractivity contribution is -0.161. The number of rotatable bonds is 59. The van der Waals surface area contributed by atoms with E-state index in [2.05, 4.69) is 93.7 Å². The van der Waals surface area contributed by atoms with Gasteiger partial charge in [0.15, 0.2) is 6.10 Å². The smallest absolute Gasteiger partial charge is 0.462 e. The van der Waals surface area contributed by atoms with E-state index in [1.165, 1.54) is 141 Å². The van der Waals surface area contributed by atoms with Gasteiger partial charge >= 0.3 is 25.7 Å². The van der Waals surface area contributed by atoms with Crippen LogP contribution >= 0.6 is 7.82 Å². The molecule has 0 saturated carbocycles. The standard InChI is InChI=1S/C66H117O11P/c1-4-7-10-13-16-19-22-25-28-30-31-33-36-39-42-45-48-51-54-57-66(70)77-63(59-73-64(68)55-52-49-46-43-40-37-35-32-29-26-23-20-17-14-11-8-5-2)61-75-78(71,72)74-60-62(58-67)76-65(69)56-53-50-47-44-41-38-34-27-24-21-18-15-12-9-6-3/h9,12,16,18-19,21,25,27-28,34,41,44,62-63,67H,4-8,10-11,13-15,17,20,22-24,26,29-33,35-40,42-43,45-61H2,1-3H3,(H,71,72)/b12-9-,19-16-,21-18-,28-25-,34-27-,44-41-. The summed E-state index contributed by atoms with van der Waals surface area (Å²) in [5.41, 5.74) is 0. The molecule has 0 fully saturated rings. The van der Waals surface area contributed by atoms with Crippen molar-refractivity contribution >= 4 is 25.7 Å². The summed E-state index contributed by atoms with van der Waals surface area (Å²) in [6, 6.07) is 0. The van der Waals surface area contributed by atoms with Crippen molar-refractivity contribution in [3.63, 3.8) is 0 Å². The minimum atomic E-state index is -4.76. The van der Waals surface area contributed by atoms with Gasteiger partial charge in [-0.05, 0) is 89.9 Å². The highest BCUT2D eigenvalue weighted by atomic mass is 31.2. The van der Waals surface area contributed by atoms with Crippen molar-refractivity contribution < 1.29 is 52.2 Å². The van der Waals surface area contributed by atoms with Crippen LogP contribution in [-0.4, -0.2) is 66.5 Å². The Hall–Kier alpha value is -3.08. The van der Waals surface area contributed by atoms with Crippen molar-refractivity contribution in [3.8, 4) is 0 Å². The van der Waals surface area contributed by atoms with Crippen molar-refractivity contribution in [2.24, 2.45) is 0 Å². The number of unbranched alkanes of at least 4 members (excludes halogenated alkanes) is 30. The summed E-state index contributed by atoms with van der Waals surface area (Å²) in [6.45, 7) is 4.50. The minimum Gasteiger partial charge on any atom is -0.462 e. The van der Waals surface area contributed by atoms with E-state index in [4.69, 9.17) is 23.3 Å². The van der Waals surface area contributed by atoms with E-state index in [9.17, 15) is 28.9 Å². The fourth-order valence-corrected chi connectivity index (χ4v) is 9.57. The number of esters is 3. The molecule has 0 radical (unpaired) electrons. The maximum atomic E-state index is 13.0.